The number of hydrogen-bond donors (Lipinski definition) is 0. The fourth-order valence-electron chi connectivity index (χ4n) is 4.00. The molecule has 0 bridgehead atoms. The van der Waals surface area contributed by atoms with Crippen molar-refractivity contribution in [2.75, 3.05) is 34.2 Å². The number of hydrogen-bond acceptors (Lipinski definition) is 4. The molecule has 0 N–H and O–H groups in total. The molecular weight excluding hydrogens is 492 g/mol. The molecule has 6 nitrogen and oxygen atoms in total. The fraction of sp³-hybridized carbons (Fsp3) is 0.143. The molecule has 0 amide bonds. The third-order valence-corrected chi connectivity index (χ3v) is 9.85. The van der Waals surface area contributed by atoms with Crippen molar-refractivity contribution in [3.63, 3.8) is 0 Å². The van der Waals surface area contributed by atoms with Crippen molar-refractivity contribution in [1.82, 2.24) is 0 Å². The van der Waals surface area contributed by atoms with E-state index in [1.165, 1.54) is 22.7 Å². The maximum atomic E-state index is 13.3. The van der Waals surface area contributed by atoms with Gasteiger partial charge in [0, 0.05) is 25.2 Å². The molecule has 0 fully saturated rings. The van der Waals surface area contributed by atoms with Gasteiger partial charge in [0.25, 0.3) is 0 Å². The summed E-state index contributed by atoms with van der Waals surface area (Å²) >= 11 is 0. The van der Waals surface area contributed by atoms with Crippen LogP contribution < -0.4 is 8.61 Å². The number of benzene rings is 4. The lowest BCUT2D eigenvalue weighted by Crippen LogP contribution is -2.36. The first-order chi connectivity index (χ1) is 17.2. The summed E-state index contributed by atoms with van der Waals surface area (Å²) in [6.07, 6.45) is 0. The molecule has 0 aromatic heterocycles. The van der Waals surface area contributed by atoms with Gasteiger partial charge in [0.2, 0.25) is 20.0 Å². The van der Waals surface area contributed by atoms with Crippen molar-refractivity contribution < 1.29 is 16.8 Å². The monoisotopic (exact) mass is 520 g/mol. The van der Waals surface area contributed by atoms with Crippen LogP contribution in [0.3, 0.4) is 0 Å². The van der Waals surface area contributed by atoms with E-state index in [1.54, 1.807) is 24.3 Å². The predicted molar refractivity (Wildman–Crippen MR) is 148 cm³/mol. The maximum absolute atomic E-state index is 13.3. The summed E-state index contributed by atoms with van der Waals surface area (Å²) in [6, 6.07) is 33.3. The van der Waals surface area contributed by atoms with Crippen LogP contribution in [0.25, 0.3) is 22.3 Å². The Balaban J connectivity index is 1.57. The van der Waals surface area contributed by atoms with Crippen LogP contribution in [0.5, 0.6) is 0 Å². The van der Waals surface area contributed by atoms with Crippen molar-refractivity contribution in [3.8, 4) is 22.3 Å². The van der Waals surface area contributed by atoms with E-state index in [-0.39, 0.29) is 0 Å². The third kappa shape index (κ3) is 5.45. The minimum Gasteiger partial charge on any atom is -0.273 e. The summed E-state index contributed by atoms with van der Waals surface area (Å²) in [4.78, 5) is 0. The van der Waals surface area contributed by atoms with E-state index in [4.69, 9.17) is 0 Å². The van der Waals surface area contributed by atoms with Gasteiger partial charge in [-0.25, -0.2) is 16.8 Å². The molecular formula is C28H28N2O4S2. The van der Waals surface area contributed by atoms with Crippen LogP contribution in [0, 0.1) is 0 Å². The highest BCUT2D eigenvalue weighted by Crippen LogP contribution is 2.33. The summed E-state index contributed by atoms with van der Waals surface area (Å²) in [5.41, 5.74) is 4.23. The molecule has 0 saturated carbocycles. The number of para-hydroxylation sites is 2. The Morgan fingerprint density at radius 3 is 1.14 bits per heavy atom. The van der Waals surface area contributed by atoms with Crippen molar-refractivity contribution in [1.29, 1.82) is 0 Å². The van der Waals surface area contributed by atoms with Gasteiger partial charge in [-0.15, -0.1) is 0 Å². The Morgan fingerprint density at radius 1 is 0.472 bits per heavy atom. The lowest BCUT2D eigenvalue weighted by Gasteiger charge is -2.25. The first-order valence-electron chi connectivity index (χ1n) is 11.4. The molecule has 8 heteroatoms. The first kappa shape index (κ1) is 25.5. The number of nitrogens with zero attached hydrogens (tertiary/aromatic N) is 2. The molecule has 0 unspecified atom stereocenters. The maximum Gasteiger partial charge on any atom is 0.235 e. The normalized spacial score (nSPS) is 11.7. The zero-order chi connectivity index (χ0) is 25.8. The molecule has 4 aromatic rings. The summed E-state index contributed by atoms with van der Waals surface area (Å²) in [5, 5.41) is 0. The fourth-order valence-corrected chi connectivity index (χ4v) is 7.15. The quantitative estimate of drug-likeness (QED) is 0.302. The molecule has 0 atom stereocenters. The highest BCUT2D eigenvalue weighted by molar-refractivity contribution is 7.96. The smallest absolute Gasteiger partial charge is 0.235 e. The summed E-state index contributed by atoms with van der Waals surface area (Å²) < 4.78 is 55.3. The van der Waals surface area contributed by atoms with Crippen LogP contribution >= 0.6 is 0 Å². The average Bonchev–Trinajstić information content (AvgIpc) is 2.92. The van der Waals surface area contributed by atoms with Crippen LogP contribution in [-0.2, 0) is 20.0 Å². The highest BCUT2D eigenvalue weighted by Gasteiger charge is 2.27. The Hall–Kier alpha value is -3.62. The average molecular weight is 521 g/mol. The summed E-state index contributed by atoms with van der Waals surface area (Å²) in [5.74, 6) is -1.10. The predicted octanol–water partition coefficient (Wildman–Crippen LogP) is 5.25. The zero-order valence-corrected chi connectivity index (χ0v) is 21.8. The SMILES string of the molecule is CN(c1ccccc1-c1ccccc1)S(=O)(=O)CCS(=O)(=O)N(C)c1ccccc1-c1ccccc1. The minimum atomic E-state index is -3.93. The van der Waals surface area contributed by atoms with Gasteiger partial charge < -0.3 is 0 Å². The van der Waals surface area contributed by atoms with E-state index in [1.807, 2.05) is 84.9 Å². The van der Waals surface area contributed by atoms with E-state index < -0.39 is 31.6 Å². The second kappa shape index (κ2) is 10.6. The van der Waals surface area contributed by atoms with E-state index in [2.05, 4.69) is 0 Å². The van der Waals surface area contributed by atoms with E-state index in [9.17, 15) is 16.8 Å². The largest absolute Gasteiger partial charge is 0.273 e. The van der Waals surface area contributed by atoms with E-state index >= 15 is 0 Å². The van der Waals surface area contributed by atoms with Gasteiger partial charge in [-0.2, -0.15) is 0 Å². The van der Waals surface area contributed by atoms with Gasteiger partial charge in [0.05, 0.1) is 22.9 Å². The standard InChI is InChI=1S/C28H28N2O4S2/c1-29(27-19-11-9-17-25(27)23-13-5-3-6-14-23)35(31,32)21-22-36(33,34)30(2)28-20-12-10-18-26(28)24-15-7-4-8-16-24/h3-20H,21-22H2,1-2H3. The molecule has 0 spiro atoms. The van der Waals surface area contributed by atoms with Gasteiger partial charge in [-0.1, -0.05) is 97.1 Å². The van der Waals surface area contributed by atoms with Gasteiger partial charge in [-0.3, -0.25) is 8.61 Å². The topological polar surface area (TPSA) is 74.8 Å². The van der Waals surface area contributed by atoms with Gasteiger partial charge in [-0.05, 0) is 23.3 Å². The van der Waals surface area contributed by atoms with Crippen molar-refractivity contribution in [3.05, 3.63) is 109 Å². The van der Waals surface area contributed by atoms with Crippen LogP contribution in [0.1, 0.15) is 0 Å². The van der Waals surface area contributed by atoms with Crippen LogP contribution in [0.4, 0.5) is 11.4 Å². The molecule has 0 saturated heterocycles. The van der Waals surface area contributed by atoms with Crippen molar-refractivity contribution in [2.45, 2.75) is 0 Å². The second-order valence-electron chi connectivity index (χ2n) is 8.33. The van der Waals surface area contributed by atoms with Crippen molar-refractivity contribution >= 4 is 31.4 Å². The number of sulfonamides is 2. The number of anilines is 2. The van der Waals surface area contributed by atoms with Crippen LogP contribution in [0.15, 0.2) is 109 Å². The molecule has 0 aliphatic carbocycles. The minimum absolute atomic E-state index is 0.490. The number of rotatable bonds is 9. The van der Waals surface area contributed by atoms with Crippen LogP contribution in [-0.4, -0.2) is 42.4 Å². The molecule has 0 aliphatic heterocycles. The zero-order valence-electron chi connectivity index (χ0n) is 20.2. The molecule has 4 aromatic carbocycles. The molecule has 36 heavy (non-hydrogen) atoms. The molecule has 0 heterocycles. The summed E-state index contributed by atoms with van der Waals surface area (Å²) in [7, 11) is -4.94. The Kier molecular flexibility index (Phi) is 7.47. The lowest BCUT2D eigenvalue weighted by molar-refractivity contribution is 0.586. The Bertz CT molecular complexity index is 1420. The lowest BCUT2D eigenvalue weighted by atomic mass is 10.0. The van der Waals surface area contributed by atoms with Crippen LogP contribution in [0.2, 0.25) is 0 Å². The Morgan fingerprint density at radius 2 is 0.778 bits per heavy atom. The molecule has 4 rings (SSSR count). The molecule has 0 radical (unpaired) electrons. The van der Waals surface area contributed by atoms with Gasteiger partial charge in [0.1, 0.15) is 0 Å². The van der Waals surface area contributed by atoms with E-state index in [0.29, 0.717) is 11.4 Å². The van der Waals surface area contributed by atoms with Crippen molar-refractivity contribution in [2.24, 2.45) is 0 Å². The van der Waals surface area contributed by atoms with Gasteiger partial charge in [0.15, 0.2) is 0 Å². The highest BCUT2D eigenvalue weighted by atomic mass is 32.2. The molecule has 0 aliphatic rings. The molecule has 186 valence electrons. The van der Waals surface area contributed by atoms with E-state index in [0.717, 1.165) is 22.3 Å². The Labute approximate surface area is 213 Å². The van der Waals surface area contributed by atoms with Gasteiger partial charge >= 0.3 is 0 Å². The first-order valence-corrected chi connectivity index (χ1v) is 14.6. The summed E-state index contributed by atoms with van der Waals surface area (Å²) in [6.45, 7) is 0. The second-order valence-corrected chi connectivity index (χ2v) is 12.6. The third-order valence-electron chi connectivity index (χ3n) is 6.09.